The molecule has 0 rings (SSSR count). The van der Waals surface area contributed by atoms with Gasteiger partial charge in [0.15, 0.2) is 0 Å². The predicted molar refractivity (Wildman–Crippen MR) is 96.7 cm³/mol. The second kappa shape index (κ2) is 29.5. The van der Waals surface area contributed by atoms with Crippen molar-refractivity contribution < 1.29 is 82.0 Å². The van der Waals surface area contributed by atoms with Crippen LogP contribution in [-0.4, -0.2) is 135 Å². The van der Waals surface area contributed by atoms with E-state index in [2.05, 4.69) is 0 Å². The van der Waals surface area contributed by atoms with E-state index in [9.17, 15) is 0 Å². The van der Waals surface area contributed by atoms with Crippen molar-refractivity contribution in [1.29, 1.82) is 0 Å². The van der Waals surface area contributed by atoms with Crippen LogP contribution in [0.5, 0.6) is 0 Å². The van der Waals surface area contributed by atoms with Crippen LogP contribution in [0.2, 0.25) is 0 Å². The summed E-state index contributed by atoms with van der Waals surface area (Å²) >= 11 is 0. The minimum atomic E-state index is -1.50. The normalized spacial score (nSPS) is 9.18. The Balaban J connectivity index is -0.0000000728. The van der Waals surface area contributed by atoms with Crippen LogP contribution >= 0.6 is 0 Å². The summed E-state index contributed by atoms with van der Waals surface area (Å²) in [5.74, 6) is 0. The van der Waals surface area contributed by atoms with Gasteiger partial charge in [-0.25, -0.2) is 0 Å². The highest BCUT2D eigenvalue weighted by molar-refractivity contribution is 4.75. The largest absolute Gasteiger partial charge is 0.396 e. The Hall–Kier alpha value is -3.52. The van der Waals surface area contributed by atoms with E-state index in [1.807, 2.05) is 0 Å². The van der Waals surface area contributed by atoms with Crippen LogP contribution in [-0.2, 0) is 0 Å². The van der Waals surface area contributed by atoms with Gasteiger partial charge in [-0.05, 0) is 0 Å². The van der Waals surface area contributed by atoms with Crippen LogP contribution in [0.3, 0.4) is 0 Å². The van der Waals surface area contributed by atoms with Gasteiger partial charge in [-0.2, -0.15) is 0 Å². The monoisotopic (exact) mass is 524 g/mol. The van der Waals surface area contributed by atoms with Gasteiger partial charge in [0.25, 0.3) is 20.3 Å². The minimum Gasteiger partial charge on any atom is -0.396 e. The summed E-state index contributed by atoms with van der Waals surface area (Å²) in [5.41, 5.74) is -2.22. The fourth-order valence-electron chi connectivity index (χ4n) is 0.600. The molecule has 34 heavy (non-hydrogen) atoms. The first-order valence-corrected chi connectivity index (χ1v) is 7.62. The highest BCUT2D eigenvalue weighted by Crippen LogP contribution is 2.12. The highest BCUT2D eigenvalue weighted by Gasteiger charge is 2.27. The zero-order valence-corrected chi connectivity index (χ0v) is 17.1. The quantitative estimate of drug-likeness (QED) is 0.104. The molecule has 0 aliphatic carbocycles. The maximum absolute atomic E-state index is 8.50. The maximum atomic E-state index is 8.50. The fourth-order valence-corrected chi connectivity index (χ4v) is 0.600. The standard InChI is InChI=1S/2C5H12O4.4HNO3/c2*6-1-5(2-7,3-8)4-9;4*2-1(3)4/h2*6-9H,1-4H2;4*(H,2,3,4). The third kappa shape index (κ3) is 51.3. The number of aliphatic hydroxyl groups is 8. The van der Waals surface area contributed by atoms with Crippen molar-refractivity contribution in [3.63, 3.8) is 0 Å². The summed E-state index contributed by atoms with van der Waals surface area (Å²) in [6, 6.07) is 0. The van der Waals surface area contributed by atoms with E-state index in [1.165, 1.54) is 0 Å². The first-order valence-electron chi connectivity index (χ1n) is 7.62. The summed E-state index contributed by atoms with van der Waals surface area (Å²) in [7, 11) is 0. The first kappa shape index (κ1) is 44.2. The zero-order chi connectivity index (χ0) is 29.0. The molecular weight excluding hydrogens is 496 g/mol. The van der Waals surface area contributed by atoms with Gasteiger partial charge in [0, 0.05) is 0 Å². The van der Waals surface area contributed by atoms with Gasteiger partial charge < -0.3 is 61.7 Å². The minimum absolute atomic E-state index is 0.406. The van der Waals surface area contributed by atoms with Gasteiger partial charge >= 0.3 is 0 Å². The van der Waals surface area contributed by atoms with Gasteiger partial charge in [0.05, 0.1) is 63.7 Å². The molecule has 0 aliphatic heterocycles. The SMILES string of the molecule is O=[N+]([O-])O.O=[N+]([O-])O.O=[N+]([O-])O.O=[N+]([O-])O.OCC(CO)(CO)CO.OCC(CO)(CO)CO. The van der Waals surface area contributed by atoms with Gasteiger partial charge in [0.2, 0.25) is 0 Å². The Morgan fingerprint density at radius 2 is 0.441 bits per heavy atom. The van der Waals surface area contributed by atoms with E-state index < -0.39 is 84.0 Å². The van der Waals surface area contributed by atoms with E-state index in [1.54, 1.807) is 0 Å². The summed E-state index contributed by atoms with van der Waals surface area (Å²) in [6.07, 6.45) is 0. The molecule has 0 atom stereocenters. The van der Waals surface area contributed by atoms with Crippen LogP contribution in [0.4, 0.5) is 0 Å². The third-order valence-corrected chi connectivity index (χ3v) is 2.68. The molecule has 24 heteroatoms. The molecule has 0 saturated carbocycles. The summed E-state index contributed by atoms with van der Waals surface area (Å²) in [6.45, 7) is -3.25. The summed E-state index contributed by atoms with van der Waals surface area (Å²) < 4.78 is 0. The second-order valence-corrected chi connectivity index (χ2v) is 5.22. The van der Waals surface area contributed by atoms with Crippen LogP contribution < -0.4 is 0 Å². The van der Waals surface area contributed by atoms with Crippen molar-refractivity contribution in [2.24, 2.45) is 10.8 Å². The average molecular weight is 524 g/mol. The number of hydrogen-bond donors (Lipinski definition) is 12. The lowest BCUT2D eigenvalue weighted by Gasteiger charge is -2.23. The van der Waals surface area contributed by atoms with Gasteiger partial charge in [0.1, 0.15) is 0 Å². The Morgan fingerprint density at radius 1 is 0.382 bits per heavy atom. The maximum Gasteiger partial charge on any atom is 0.291 e. The van der Waals surface area contributed by atoms with Crippen LogP contribution in [0, 0.1) is 51.3 Å². The molecule has 0 bridgehead atoms. The molecule has 0 fully saturated rings. The smallest absolute Gasteiger partial charge is 0.291 e. The van der Waals surface area contributed by atoms with E-state index in [4.69, 9.17) is 102 Å². The molecule has 24 nitrogen and oxygen atoms in total. The molecular formula is C10H28N4O20. The van der Waals surface area contributed by atoms with E-state index >= 15 is 0 Å². The average Bonchev–Trinajstić information content (AvgIpc) is 2.71. The molecule has 0 aromatic rings. The van der Waals surface area contributed by atoms with Gasteiger partial charge in [-0.15, -0.1) is 40.5 Å². The molecule has 208 valence electrons. The summed E-state index contributed by atoms with van der Waals surface area (Å²) in [4.78, 5) is 33.4. The van der Waals surface area contributed by atoms with Crippen LogP contribution in [0.1, 0.15) is 0 Å². The van der Waals surface area contributed by atoms with Crippen molar-refractivity contribution in [2.45, 2.75) is 0 Å². The first-order chi connectivity index (χ1) is 15.4. The topological polar surface area (TPSA) is 415 Å². The van der Waals surface area contributed by atoms with Crippen molar-refractivity contribution in [1.82, 2.24) is 0 Å². The number of nitrogens with zero attached hydrogens (tertiary/aromatic N) is 4. The highest BCUT2D eigenvalue weighted by atomic mass is 16.9. The molecule has 0 aliphatic rings. The molecule has 0 spiro atoms. The predicted octanol–water partition coefficient (Wildman–Crippen LogP) is -5.51. The lowest BCUT2D eigenvalue weighted by molar-refractivity contribution is -0.742. The van der Waals surface area contributed by atoms with Crippen LogP contribution in [0.25, 0.3) is 0 Å². The van der Waals surface area contributed by atoms with Gasteiger partial charge in [-0.1, -0.05) is 0 Å². The summed E-state index contributed by atoms with van der Waals surface area (Å²) in [5, 5.41) is 123. The zero-order valence-electron chi connectivity index (χ0n) is 17.1. The Kier molecular flexibility index (Phi) is 38.3. The number of rotatable bonds is 8. The number of aliphatic hydroxyl groups excluding tert-OH is 8. The van der Waals surface area contributed by atoms with E-state index in [-0.39, 0.29) is 0 Å². The Labute approximate surface area is 187 Å². The molecule has 0 heterocycles. The third-order valence-electron chi connectivity index (χ3n) is 2.68. The van der Waals surface area contributed by atoms with Crippen molar-refractivity contribution in [3.05, 3.63) is 40.5 Å². The van der Waals surface area contributed by atoms with E-state index in [0.29, 0.717) is 0 Å². The second-order valence-electron chi connectivity index (χ2n) is 5.22. The Bertz CT molecular complexity index is 379. The van der Waals surface area contributed by atoms with E-state index in [0.717, 1.165) is 0 Å². The molecule has 0 radical (unpaired) electrons. The fraction of sp³-hybridized carbons (Fsp3) is 1.00. The Morgan fingerprint density at radius 3 is 0.441 bits per heavy atom. The van der Waals surface area contributed by atoms with Gasteiger partial charge in [-0.3, -0.25) is 0 Å². The molecule has 0 aromatic heterocycles. The molecule has 0 amide bonds. The molecule has 12 N–H and O–H groups in total. The van der Waals surface area contributed by atoms with Crippen LogP contribution in [0.15, 0.2) is 0 Å². The lowest BCUT2D eigenvalue weighted by atomic mass is 9.93. The molecule has 0 saturated heterocycles. The molecule has 0 unspecified atom stereocenters. The van der Waals surface area contributed by atoms with Crippen molar-refractivity contribution >= 4 is 0 Å². The molecule has 0 aromatic carbocycles. The van der Waals surface area contributed by atoms with Crippen molar-refractivity contribution in [3.8, 4) is 0 Å². The van der Waals surface area contributed by atoms with Crippen molar-refractivity contribution in [2.75, 3.05) is 52.9 Å². The lowest BCUT2D eigenvalue weighted by Crippen LogP contribution is -2.37. The number of hydrogen-bond acceptors (Lipinski definition) is 16.